The Morgan fingerprint density at radius 2 is 1.43 bits per heavy atom. The minimum absolute atomic E-state index is 0.125. The number of benzene rings is 5. The van der Waals surface area contributed by atoms with E-state index in [1.54, 1.807) is 23.2 Å². The molecule has 5 aromatic carbocycles. The molecule has 5 aromatic rings. The Labute approximate surface area is 245 Å². The SMILES string of the molecule is CC(=O)C1=NN(c2ccccc2[N+](=O)[O-])[C@@]2(S1)c1ccccc1C(c1cccc3ccccc13)=NN2c1ccccc1. The van der Waals surface area contributed by atoms with E-state index in [-0.39, 0.29) is 22.2 Å². The quantitative estimate of drug-likeness (QED) is 0.163. The van der Waals surface area contributed by atoms with Crippen LogP contribution in [0.1, 0.15) is 23.6 Å². The molecule has 0 fully saturated rings. The van der Waals surface area contributed by atoms with Crippen molar-refractivity contribution in [3.8, 4) is 0 Å². The highest BCUT2D eigenvalue weighted by molar-refractivity contribution is 8.17. The molecule has 0 aliphatic carbocycles. The molecule has 42 heavy (non-hydrogen) atoms. The highest BCUT2D eigenvalue weighted by Crippen LogP contribution is 2.56. The Hall–Kier alpha value is -5.28. The maximum absolute atomic E-state index is 12.9. The Balaban J connectivity index is 1.57. The first-order valence-corrected chi connectivity index (χ1v) is 14.1. The number of anilines is 2. The van der Waals surface area contributed by atoms with Gasteiger partial charge in [0.1, 0.15) is 5.69 Å². The highest BCUT2D eigenvalue weighted by Gasteiger charge is 2.57. The van der Waals surface area contributed by atoms with Crippen LogP contribution in [0.15, 0.2) is 132 Å². The van der Waals surface area contributed by atoms with Crippen molar-refractivity contribution in [1.82, 2.24) is 0 Å². The zero-order valence-corrected chi connectivity index (χ0v) is 23.2. The third-order valence-corrected chi connectivity index (χ3v) is 8.80. The van der Waals surface area contributed by atoms with Gasteiger partial charge in [0.05, 0.1) is 16.3 Å². The van der Waals surface area contributed by atoms with Gasteiger partial charge in [0.25, 0.3) is 5.69 Å². The van der Waals surface area contributed by atoms with E-state index in [4.69, 9.17) is 10.2 Å². The summed E-state index contributed by atoms with van der Waals surface area (Å²) in [4.78, 5) is 23.4. The predicted octanol–water partition coefficient (Wildman–Crippen LogP) is 7.29. The van der Waals surface area contributed by atoms with Crippen molar-refractivity contribution in [2.45, 2.75) is 11.9 Å². The van der Waals surface area contributed by atoms with Gasteiger partial charge in [-0.15, -0.1) is 0 Å². The third-order valence-electron chi connectivity index (χ3n) is 7.39. The summed E-state index contributed by atoms with van der Waals surface area (Å²) in [5, 5.41) is 28.1. The molecular formula is C33H23N5O3S. The van der Waals surface area contributed by atoms with Gasteiger partial charge in [-0.3, -0.25) is 14.9 Å². The molecule has 2 aliphatic heterocycles. The lowest BCUT2D eigenvalue weighted by Crippen LogP contribution is -2.54. The number of nitro groups is 1. The Bertz CT molecular complexity index is 1950. The number of hydrogen-bond donors (Lipinski definition) is 0. The number of carbonyl (C=O) groups excluding carboxylic acids is 1. The van der Waals surface area contributed by atoms with Gasteiger partial charge < -0.3 is 0 Å². The predicted molar refractivity (Wildman–Crippen MR) is 168 cm³/mol. The van der Waals surface area contributed by atoms with Crippen molar-refractivity contribution in [1.29, 1.82) is 0 Å². The van der Waals surface area contributed by atoms with Gasteiger partial charge in [0, 0.05) is 29.7 Å². The van der Waals surface area contributed by atoms with Crippen LogP contribution in [0.4, 0.5) is 17.1 Å². The van der Waals surface area contributed by atoms with Crippen LogP contribution in [0.3, 0.4) is 0 Å². The van der Waals surface area contributed by atoms with Crippen molar-refractivity contribution in [2.75, 3.05) is 10.0 Å². The molecule has 9 heteroatoms. The second-order valence-electron chi connectivity index (χ2n) is 9.90. The standard InChI is InChI=1S/C33H23N5O3S/c1-22(39)32-35-37(29-20-9-10-21-30(29)38(40)41)33(42-32)28-19-8-7-17-27(28)31(34-36(33)24-14-3-2-4-15-24)26-18-11-13-23-12-5-6-16-25(23)26/h2-21H,1H3/t33-/m1/s1. The summed E-state index contributed by atoms with van der Waals surface area (Å²) < 4.78 is 0. The van der Waals surface area contributed by atoms with E-state index >= 15 is 0 Å². The minimum Gasteiger partial charge on any atom is -0.292 e. The lowest BCUT2D eigenvalue weighted by atomic mass is 9.91. The van der Waals surface area contributed by atoms with Crippen LogP contribution in [0.5, 0.6) is 0 Å². The number of hydrogen-bond acceptors (Lipinski definition) is 8. The molecule has 2 aliphatic rings. The van der Waals surface area contributed by atoms with Crippen LogP contribution < -0.4 is 10.0 Å². The molecule has 0 saturated heterocycles. The molecule has 7 rings (SSSR count). The van der Waals surface area contributed by atoms with Crippen molar-refractivity contribution >= 4 is 56.1 Å². The van der Waals surface area contributed by atoms with Crippen LogP contribution in [-0.4, -0.2) is 21.5 Å². The fraction of sp³-hybridized carbons (Fsp3) is 0.0606. The monoisotopic (exact) mass is 569 g/mol. The Kier molecular flexibility index (Phi) is 6.09. The van der Waals surface area contributed by atoms with E-state index < -0.39 is 9.92 Å². The second-order valence-corrected chi connectivity index (χ2v) is 11.1. The van der Waals surface area contributed by atoms with E-state index in [2.05, 4.69) is 24.3 Å². The van der Waals surface area contributed by atoms with E-state index in [9.17, 15) is 14.9 Å². The maximum Gasteiger partial charge on any atom is 0.294 e. The summed E-state index contributed by atoms with van der Waals surface area (Å²) in [6.07, 6.45) is 0. The van der Waals surface area contributed by atoms with Gasteiger partial charge in [0.2, 0.25) is 4.99 Å². The van der Waals surface area contributed by atoms with E-state index in [1.807, 2.05) is 77.8 Å². The first kappa shape index (κ1) is 25.7. The molecule has 0 saturated carbocycles. The number of Topliss-reactive ketones (excluding diaryl/α,β-unsaturated/α-hetero) is 1. The Morgan fingerprint density at radius 1 is 0.762 bits per heavy atom. The summed E-state index contributed by atoms with van der Waals surface area (Å²) in [5.41, 5.74) is 4.21. The molecule has 0 radical (unpaired) electrons. The zero-order chi connectivity index (χ0) is 28.8. The molecule has 0 amide bonds. The number of ketones is 1. The number of nitrogens with zero attached hydrogens (tertiary/aromatic N) is 5. The number of carbonyl (C=O) groups is 1. The number of hydrazone groups is 2. The smallest absolute Gasteiger partial charge is 0.292 e. The molecule has 0 unspecified atom stereocenters. The number of nitro benzene ring substituents is 1. The molecular weight excluding hydrogens is 546 g/mol. The number of thioether (sulfide) groups is 1. The summed E-state index contributed by atoms with van der Waals surface area (Å²) >= 11 is 1.23. The summed E-state index contributed by atoms with van der Waals surface area (Å²) in [6.45, 7) is 1.45. The van der Waals surface area contributed by atoms with Crippen molar-refractivity contribution in [2.24, 2.45) is 10.2 Å². The number of rotatable bonds is 5. The summed E-state index contributed by atoms with van der Waals surface area (Å²) in [6, 6.07) is 38.2. The fourth-order valence-corrected chi connectivity index (χ4v) is 6.84. The van der Waals surface area contributed by atoms with Gasteiger partial charge in [0.15, 0.2) is 10.8 Å². The van der Waals surface area contributed by atoms with E-state index in [1.165, 1.54) is 24.8 Å². The van der Waals surface area contributed by atoms with E-state index in [0.717, 1.165) is 38.9 Å². The third kappa shape index (κ3) is 3.89. The zero-order valence-electron chi connectivity index (χ0n) is 22.4. The van der Waals surface area contributed by atoms with Crippen molar-refractivity contribution in [3.05, 3.63) is 148 Å². The number of fused-ring (bicyclic) bond motifs is 3. The van der Waals surface area contributed by atoms with Gasteiger partial charge in [-0.2, -0.15) is 10.2 Å². The summed E-state index contributed by atoms with van der Waals surface area (Å²) in [5.74, 6) is -0.241. The van der Waals surface area contributed by atoms with Crippen LogP contribution in [0, 0.1) is 10.1 Å². The second kappa shape index (κ2) is 9.97. The largest absolute Gasteiger partial charge is 0.294 e. The fourth-order valence-electron chi connectivity index (χ4n) is 5.56. The average Bonchev–Trinajstić information content (AvgIpc) is 3.43. The molecule has 8 nitrogen and oxygen atoms in total. The van der Waals surface area contributed by atoms with Gasteiger partial charge >= 0.3 is 0 Å². The molecule has 1 atom stereocenters. The van der Waals surface area contributed by atoms with Crippen LogP contribution in [0.2, 0.25) is 0 Å². The molecule has 0 bridgehead atoms. The lowest BCUT2D eigenvalue weighted by Gasteiger charge is -2.46. The van der Waals surface area contributed by atoms with Crippen molar-refractivity contribution in [3.63, 3.8) is 0 Å². The molecule has 0 N–H and O–H groups in total. The van der Waals surface area contributed by atoms with Gasteiger partial charge in [-0.05, 0) is 40.7 Å². The Morgan fingerprint density at radius 3 is 2.24 bits per heavy atom. The van der Waals surface area contributed by atoms with Crippen LogP contribution >= 0.6 is 11.8 Å². The van der Waals surface area contributed by atoms with Gasteiger partial charge in [-0.25, -0.2) is 10.0 Å². The lowest BCUT2D eigenvalue weighted by molar-refractivity contribution is -0.384. The topological polar surface area (TPSA) is 91.4 Å². The first-order valence-electron chi connectivity index (χ1n) is 13.3. The normalized spacial score (nSPS) is 17.6. The summed E-state index contributed by atoms with van der Waals surface area (Å²) in [7, 11) is 0. The molecule has 1 spiro atoms. The van der Waals surface area contributed by atoms with Crippen LogP contribution in [-0.2, 0) is 9.79 Å². The van der Waals surface area contributed by atoms with Crippen molar-refractivity contribution < 1.29 is 9.72 Å². The van der Waals surface area contributed by atoms with Gasteiger partial charge in [-0.1, -0.05) is 97.1 Å². The highest BCUT2D eigenvalue weighted by atomic mass is 32.2. The molecule has 2 heterocycles. The van der Waals surface area contributed by atoms with E-state index in [0.29, 0.717) is 0 Å². The van der Waals surface area contributed by atoms with Crippen LogP contribution in [0.25, 0.3) is 10.8 Å². The number of para-hydroxylation sites is 3. The maximum atomic E-state index is 12.9. The molecule has 0 aromatic heterocycles. The first-order chi connectivity index (χ1) is 20.5. The molecule has 204 valence electrons. The average molecular weight is 570 g/mol. The minimum atomic E-state index is -1.28.